The molecule has 2 aromatic rings. The van der Waals surface area contributed by atoms with Gasteiger partial charge in [-0.05, 0) is 68.0 Å². The third-order valence-corrected chi connectivity index (χ3v) is 3.49. The number of nitrogens with one attached hydrogen (secondary N) is 2. The standard InChI is InChI=1S/C19H20N2O4S/c1-12(2)25-16-9-5-14(6-10-16)18(24)21-19(26)20-15-7-3-13(4-8-15)11-17(22)23/h3-10,12H,11H2,1-2H3,(H,22,23)(H2,20,21,24,26). The number of amides is 1. The van der Waals surface area contributed by atoms with Gasteiger partial charge >= 0.3 is 5.97 Å². The molecule has 2 aromatic carbocycles. The van der Waals surface area contributed by atoms with E-state index < -0.39 is 5.97 Å². The molecule has 0 atom stereocenters. The molecule has 0 spiro atoms. The summed E-state index contributed by atoms with van der Waals surface area (Å²) >= 11 is 5.14. The Morgan fingerprint density at radius 3 is 2.23 bits per heavy atom. The second-order valence-electron chi connectivity index (χ2n) is 5.87. The van der Waals surface area contributed by atoms with E-state index in [0.29, 0.717) is 22.6 Å². The number of carbonyl (C=O) groups excluding carboxylic acids is 1. The number of hydrogen-bond acceptors (Lipinski definition) is 4. The molecular weight excluding hydrogens is 352 g/mol. The third kappa shape index (κ3) is 6.18. The molecule has 0 aliphatic heterocycles. The molecule has 7 heteroatoms. The fourth-order valence-corrected chi connectivity index (χ4v) is 2.39. The van der Waals surface area contributed by atoms with Crippen LogP contribution in [0.3, 0.4) is 0 Å². The van der Waals surface area contributed by atoms with Gasteiger partial charge in [0.1, 0.15) is 5.75 Å². The second-order valence-corrected chi connectivity index (χ2v) is 6.27. The van der Waals surface area contributed by atoms with E-state index in [1.54, 1.807) is 48.5 Å². The van der Waals surface area contributed by atoms with Crippen molar-refractivity contribution in [1.29, 1.82) is 0 Å². The summed E-state index contributed by atoms with van der Waals surface area (Å²) in [5, 5.41) is 14.4. The van der Waals surface area contributed by atoms with Crippen molar-refractivity contribution in [2.45, 2.75) is 26.4 Å². The molecule has 2 rings (SSSR count). The van der Waals surface area contributed by atoms with Gasteiger partial charge in [0, 0.05) is 11.3 Å². The molecule has 0 aliphatic rings. The largest absolute Gasteiger partial charge is 0.491 e. The fraction of sp³-hybridized carbons (Fsp3) is 0.211. The number of carboxylic acid groups (broad SMARTS) is 1. The zero-order chi connectivity index (χ0) is 19.1. The van der Waals surface area contributed by atoms with Gasteiger partial charge in [0.05, 0.1) is 12.5 Å². The lowest BCUT2D eigenvalue weighted by molar-refractivity contribution is -0.136. The van der Waals surface area contributed by atoms with Gasteiger partial charge in [0.2, 0.25) is 0 Å². The van der Waals surface area contributed by atoms with E-state index >= 15 is 0 Å². The zero-order valence-corrected chi connectivity index (χ0v) is 15.3. The maximum Gasteiger partial charge on any atom is 0.307 e. The Morgan fingerprint density at radius 1 is 1.08 bits per heavy atom. The molecule has 136 valence electrons. The minimum Gasteiger partial charge on any atom is -0.491 e. The number of aliphatic carboxylic acids is 1. The van der Waals surface area contributed by atoms with Gasteiger partial charge < -0.3 is 15.2 Å². The highest BCUT2D eigenvalue weighted by Crippen LogP contribution is 2.14. The van der Waals surface area contributed by atoms with Crippen LogP contribution in [-0.4, -0.2) is 28.2 Å². The van der Waals surface area contributed by atoms with E-state index in [4.69, 9.17) is 22.1 Å². The maximum absolute atomic E-state index is 12.2. The fourth-order valence-electron chi connectivity index (χ4n) is 2.18. The first-order valence-electron chi connectivity index (χ1n) is 8.03. The predicted molar refractivity (Wildman–Crippen MR) is 104 cm³/mol. The number of anilines is 1. The van der Waals surface area contributed by atoms with Gasteiger partial charge in [-0.25, -0.2) is 0 Å². The molecule has 0 saturated heterocycles. The minimum atomic E-state index is -0.890. The molecule has 0 fully saturated rings. The molecule has 0 bridgehead atoms. The van der Waals surface area contributed by atoms with Gasteiger partial charge in [0.15, 0.2) is 5.11 Å². The van der Waals surface area contributed by atoms with Crippen molar-refractivity contribution in [2.24, 2.45) is 0 Å². The molecule has 0 saturated carbocycles. The topological polar surface area (TPSA) is 87.7 Å². The number of hydrogen-bond donors (Lipinski definition) is 3. The van der Waals surface area contributed by atoms with Crippen molar-refractivity contribution in [3.63, 3.8) is 0 Å². The van der Waals surface area contributed by atoms with Gasteiger partial charge in [-0.1, -0.05) is 12.1 Å². The lowest BCUT2D eigenvalue weighted by Gasteiger charge is -2.11. The first-order valence-corrected chi connectivity index (χ1v) is 8.44. The maximum atomic E-state index is 12.2. The normalized spacial score (nSPS) is 10.3. The first kappa shape index (κ1) is 19.4. The summed E-state index contributed by atoms with van der Waals surface area (Å²) in [5.74, 6) is -0.530. The van der Waals surface area contributed by atoms with Crippen molar-refractivity contribution in [3.8, 4) is 5.75 Å². The highest BCUT2D eigenvalue weighted by Gasteiger charge is 2.09. The van der Waals surface area contributed by atoms with Crippen LogP contribution in [0.5, 0.6) is 5.75 Å². The molecule has 1 amide bonds. The van der Waals surface area contributed by atoms with E-state index in [2.05, 4.69) is 10.6 Å². The smallest absolute Gasteiger partial charge is 0.307 e. The Bertz CT molecular complexity index is 786. The van der Waals surface area contributed by atoms with Crippen molar-refractivity contribution < 1.29 is 19.4 Å². The van der Waals surface area contributed by atoms with E-state index in [1.165, 1.54) is 0 Å². The summed E-state index contributed by atoms with van der Waals surface area (Å²) in [6.07, 6.45) is 0.0196. The van der Waals surface area contributed by atoms with Crippen LogP contribution >= 0.6 is 12.2 Å². The van der Waals surface area contributed by atoms with Crippen LogP contribution in [0, 0.1) is 0 Å². The van der Waals surface area contributed by atoms with Gasteiger partial charge in [0.25, 0.3) is 5.91 Å². The lowest BCUT2D eigenvalue weighted by atomic mass is 10.1. The lowest BCUT2D eigenvalue weighted by Crippen LogP contribution is -2.34. The van der Waals surface area contributed by atoms with Crippen LogP contribution in [0.1, 0.15) is 29.8 Å². The average Bonchev–Trinajstić information content (AvgIpc) is 2.56. The Balaban J connectivity index is 1.90. The van der Waals surface area contributed by atoms with Crippen LogP contribution in [-0.2, 0) is 11.2 Å². The van der Waals surface area contributed by atoms with E-state index in [9.17, 15) is 9.59 Å². The zero-order valence-electron chi connectivity index (χ0n) is 14.5. The Kier molecular flexibility index (Phi) is 6.68. The number of ether oxygens (including phenoxy) is 1. The number of carboxylic acids is 1. The summed E-state index contributed by atoms with van der Waals surface area (Å²) in [4.78, 5) is 22.9. The molecule has 6 nitrogen and oxygen atoms in total. The molecule has 0 aliphatic carbocycles. The van der Waals surface area contributed by atoms with Gasteiger partial charge in [-0.3, -0.25) is 14.9 Å². The summed E-state index contributed by atoms with van der Waals surface area (Å²) in [5.41, 5.74) is 1.80. The number of carbonyl (C=O) groups is 2. The van der Waals surface area contributed by atoms with E-state index in [-0.39, 0.29) is 23.5 Å². The van der Waals surface area contributed by atoms with Crippen LogP contribution in [0.2, 0.25) is 0 Å². The highest BCUT2D eigenvalue weighted by atomic mass is 32.1. The molecule has 0 aromatic heterocycles. The number of thiocarbonyl (C=S) groups is 1. The van der Waals surface area contributed by atoms with Gasteiger partial charge in [-0.2, -0.15) is 0 Å². The Labute approximate surface area is 157 Å². The Morgan fingerprint density at radius 2 is 1.69 bits per heavy atom. The number of rotatable bonds is 6. The molecule has 3 N–H and O–H groups in total. The first-order chi connectivity index (χ1) is 12.3. The summed E-state index contributed by atoms with van der Waals surface area (Å²) in [6, 6.07) is 13.6. The quantitative estimate of drug-likeness (QED) is 0.675. The highest BCUT2D eigenvalue weighted by molar-refractivity contribution is 7.80. The van der Waals surface area contributed by atoms with E-state index in [1.807, 2.05) is 13.8 Å². The third-order valence-electron chi connectivity index (χ3n) is 3.28. The SMILES string of the molecule is CC(C)Oc1ccc(C(=O)NC(=S)Nc2ccc(CC(=O)O)cc2)cc1. The predicted octanol–water partition coefficient (Wildman–Crippen LogP) is 3.23. The van der Waals surface area contributed by atoms with Crippen molar-refractivity contribution in [3.05, 3.63) is 59.7 Å². The monoisotopic (exact) mass is 372 g/mol. The molecule has 26 heavy (non-hydrogen) atoms. The van der Waals surface area contributed by atoms with Gasteiger partial charge in [-0.15, -0.1) is 0 Å². The molecule has 0 unspecified atom stereocenters. The van der Waals surface area contributed by atoms with Crippen LogP contribution in [0.4, 0.5) is 5.69 Å². The Hall–Kier alpha value is -2.93. The van der Waals surface area contributed by atoms with Crippen molar-refractivity contribution in [2.75, 3.05) is 5.32 Å². The summed E-state index contributed by atoms with van der Waals surface area (Å²) in [6.45, 7) is 3.86. The van der Waals surface area contributed by atoms with Crippen LogP contribution < -0.4 is 15.4 Å². The minimum absolute atomic E-state index is 0.0437. The average molecular weight is 372 g/mol. The van der Waals surface area contributed by atoms with E-state index in [0.717, 1.165) is 0 Å². The van der Waals surface area contributed by atoms with Crippen molar-refractivity contribution >= 4 is 34.9 Å². The molecule has 0 radical (unpaired) electrons. The summed E-state index contributed by atoms with van der Waals surface area (Å²) in [7, 11) is 0. The number of benzene rings is 2. The van der Waals surface area contributed by atoms with Crippen molar-refractivity contribution in [1.82, 2.24) is 5.32 Å². The second kappa shape index (κ2) is 8.96. The molecular formula is C19H20N2O4S. The summed E-state index contributed by atoms with van der Waals surface area (Å²) < 4.78 is 5.54. The van der Waals surface area contributed by atoms with Crippen LogP contribution in [0.15, 0.2) is 48.5 Å². The molecule has 0 heterocycles. The van der Waals surface area contributed by atoms with Crippen LogP contribution in [0.25, 0.3) is 0 Å².